The van der Waals surface area contributed by atoms with Gasteiger partial charge < -0.3 is 10.6 Å². The fraction of sp³-hybridized carbons (Fsp3) is 0.727. The molecule has 1 rings (SSSR count). The first kappa shape index (κ1) is 12.2. The highest BCUT2D eigenvalue weighted by molar-refractivity contribution is 5.24. The first-order valence-corrected chi connectivity index (χ1v) is 5.44. The second-order valence-corrected chi connectivity index (χ2v) is 4.11. The summed E-state index contributed by atoms with van der Waals surface area (Å²) in [6.07, 6.45) is 1.06. The van der Waals surface area contributed by atoms with Crippen LogP contribution in [0.1, 0.15) is 17.0 Å². The second-order valence-electron chi connectivity index (χ2n) is 4.11. The predicted octanol–water partition coefficient (Wildman–Crippen LogP) is 0.470. The van der Waals surface area contributed by atoms with Crippen molar-refractivity contribution < 1.29 is 0 Å². The van der Waals surface area contributed by atoms with E-state index in [1.807, 2.05) is 11.7 Å². The molecule has 4 heteroatoms. The fourth-order valence-electron chi connectivity index (χ4n) is 1.81. The molecule has 1 aromatic rings. The Bertz CT molecular complexity index is 317. The van der Waals surface area contributed by atoms with Crippen LogP contribution in [0.4, 0.5) is 0 Å². The van der Waals surface area contributed by atoms with Crippen molar-refractivity contribution in [3.63, 3.8) is 0 Å². The van der Waals surface area contributed by atoms with Crippen LogP contribution in [-0.4, -0.2) is 41.4 Å². The van der Waals surface area contributed by atoms with E-state index in [1.54, 1.807) is 0 Å². The van der Waals surface area contributed by atoms with Gasteiger partial charge in [0.25, 0.3) is 0 Å². The zero-order chi connectivity index (χ0) is 11.4. The zero-order valence-electron chi connectivity index (χ0n) is 10.2. The summed E-state index contributed by atoms with van der Waals surface area (Å²) in [5, 5.41) is 4.41. The number of nitrogens with zero attached hydrogens (tertiary/aromatic N) is 3. The monoisotopic (exact) mass is 210 g/mol. The lowest BCUT2D eigenvalue weighted by molar-refractivity contribution is 0.347. The normalized spacial score (nSPS) is 11.3. The maximum Gasteiger partial charge on any atom is 0.0628 e. The highest BCUT2D eigenvalue weighted by Gasteiger charge is 2.09. The quantitative estimate of drug-likeness (QED) is 0.768. The van der Waals surface area contributed by atoms with Crippen molar-refractivity contribution in [2.75, 3.05) is 26.7 Å². The Hall–Kier alpha value is -0.870. The molecule has 0 unspecified atom stereocenters. The van der Waals surface area contributed by atoms with Gasteiger partial charge in [0, 0.05) is 32.4 Å². The number of rotatable bonds is 5. The lowest BCUT2D eigenvalue weighted by Gasteiger charge is -2.15. The topological polar surface area (TPSA) is 47.1 Å². The molecule has 15 heavy (non-hydrogen) atoms. The van der Waals surface area contributed by atoms with Gasteiger partial charge in [-0.3, -0.25) is 4.68 Å². The SMILES string of the molecule is Cc1nn(C)c(C)c1CCN(C)CCN. The van der Waals surface area contributed by atoms with Crippen LogP contribution >= 0.6 is 0 Å². The van der Waals surface area contributed by atoms with E-state index in [1.165, 1.54) is 11.3 Å². The van der Waals surface area contributed by atoms with Gasteiger partial charge in [0.2, 0.25) is 0 Å². The fourth-order valence-corrected chi connectivity index (χ4v) is 1.81. The van der Waals surface area contributed by atoms with E-state index >= 15 is 0 Å². The number of likely N-dealkylation sites (N-methyl/N-ethyl adjacent to an activating group) is 1. The smallest absolute Gasteiger partial charge is 0.0628 e. The van der Waals surface area contributed by atoms with Gasteiger partial charge in [0.05, 0.1) is 5.69 Å². The number of hydrogen-bond donors (Lipinski definition) is 1. The van der Waals surface area contributed by atoms with Crippen molar-refractivity contribution in [1.82, 2.24) is 14.7 Å². The van der Waals surface area contributed by atoms with Crippen molar-refractivity contribution in [3.05, 3.63) is 17.0 Å². The molecule has 0 saturated heterocycles. The maximum absolute atomic E-state index is 5.50. The van der Waals surface area contributed by atoms with Crippen LogP contribution in [0, 0.1) is 13.8 Å². The molecule has 1 aromatic heterocycles. The third kappa shape index (κ3) is 3.04. The van der Waals surface area contributed by atoms with Gasteiger partial charge in [0.15, 0.2) is 0 Å². The summed E-state index contributed by atoms with van der Waals surface area (Å²) in [5.41, 5.74) is 9.30. The molecule has 0 spiro atoms. The van der Waals surface area contributed by atoms with Crippen molar-refractivity contribution in [1.29, 1.82) is 0 Å². The molecule has 4 nitrogen and oxygen atoms in total. The third-order valence-corrected chi connectivity index (χ3v) is 2.91. The predicted molar refractivity (Wildman–Crippen MR) is 62.9 cm³/mol. The van der Waals surface area contributed by atoms with Gasteiger partial charge in [-0.15, -0.1) is 0 Å². The van der Waals surface area contributed by atoms with E-state index in [2.05, 4.69) is 30.9 Å². The second kappa shape index (κ2) is 5.28. The summed E-state index contributed by atoms with van der Waals surface area (Å²) >= 11 is 0. The van der Waals surface area contributed by atoms with Gasteiger partial charge in [-0.1, -0.05) is 0 Å². The third-order valence-electron chi connectivity index (χ3n) is 2.91. The van der Waals surface area contributed by atoms with Crippen molar-refractivity contribution in [3.8, 4) is 0 Å². The van der Waals surface area contributed by atoms with Crippen molar-refractivity contribution >= 4 is 0 Å². The van der Waals surface area contributed by atoms with Crippen molar-refractivity contribution in [2.45, 2.75) is 20.3 Å². The van der Waals surface area contributed by atoms with Gasteiger partial charge in [0.1, 0.15) is 0 Å². The number of aryl methyl sites for hydroxylation is 2. The zero-order valence-corrected chi connectivity index (χ0v) is 10.2. The molecule has 0 radical (unpaired) electrons. The summed E-state index contributed by atoms with van der Waals surface area (Å²) in [7, 11) is 4.10. The molecule has 86 valence electrons. The van der Waals surface area contributed by atoms with E-state index in [0.717, 1.165) is 31.7 Å². The van der Waals surface area contributed by atoms with E-state index in [4.69, 9.17) is 5.73 Å². The lowest BCUT2D eigenvalue weighted by Crippen LogP contribution is -2.27. The van der Waals surface area contributed by atoms with Gasteiger partial charge in [-0.05, 0) is 32.9 Å². The molecule has 0 aliphatic carbocycles. The van der Waals surface area contributed by atoms with Crippen LogP contribution in [0.3, 0.4) is 0 Å². The molecule has 0 aliphatic heterocycles. The summed E-state index contributed by atoms with van der Waals surface area (Å²) in [6, 6.07) is 0. The van der Waals surface area contributed by atoms with Gasteiger partial charge in [-0.2, -0.15) is 5.10 Å². The standard InChI is InChI=1S/C11H22N4/c1-9-11(10(2)15(4)13-9)5-7-14(3)8-6-12/h5-8,12H2,1-4H3. The molecule has 0 amide bonds. The van der Waals surface area contributed by atoms with E-state index in [-0.39, 0.29) is 0 Å². The summed E-state index contributed by atoms with van der Waals surface area (Å²) in [4.78, 5) is 2.26. The minimum Gasteiger partial charge on any atom is -0.329 e. The Balaban J connectivity index is 2.57. The maximum atomic E-state index is 5.50. The van der Waals surface area contributed by atoms with E-state index in [9.17, 15) is 0 Å². The molecule has 0 atom stereocenters. The van der Waals surface area contributed by atoms with Crippen LogP contribution in [-0.2, 0) is 13.5 Å². The first-order chi connectivity index (χ1) is 7.06. The minimum absolute atomic E-state index is 0.724. The molecule has 0 aliphatic rings. The molecular weight excluding hydrogens is 188 g/mol. The minimum atomic E-state index is 0.724. The average Bonchev–Trinajstić information content (AvgIpc) is 2.40. The largest absolute Gasteiger partial charge is 0.329 e. The average molecular weight is 210 g/mol. The summed E-state index contributed by atoms with van der Waals surface area (Å²) in [6.45, 7) is 6.92. The first-order valence-electron chi connectivity index (χ1n) is 5.44. The van der Waals surface area contributed by atoms with Crippen LogP contribution in [0.15, 0.2) is 0 Å². The van der Waals surface area contributed by atoms with E-state index in [0.29, 0.717) is 0 Å². The number of nitrogens with two attached hydrogens (primary N) is 1. The Labute approximate surface area is 92.1 Å². The van der Waals surface area contributed by atoms with Crippen LogP contribution in [0.5, 0.6) is 0 Å². The highest BCUT2D eigenvalue weighted by atomic mass is 15.3. The van der Waals surface area contributed by atoms with Crippen LogP contribution in [0.2, 0.25) is 0 Å². The number of aromatic nitrogens is 2. The van der Waals surface area contributed by atoms with E-state index < -0.39 is 0 Å². The van der Waals surface area contributed by atoms with Crippen LogP contribution < -0.4 is 5.73 Å². The van der Waals surface area contributed by atoms with Gasteiger partial charge >= 0.3 is 0 Å². The molecule has 0 fully saturated rings. The van der Waals surface area contributed by atoms with Crippen LogP contribution in [0.25, 0.3) is 0 Å². The summed E-state index contributed by atoms with van der Waals surface area (Å²) in [5.74, 6) is 0. The molecule has 1 heterocycles. The molecule has 0 saturated carbocycles. The Morgan fingerprint density at radius 1 is 1.33 bits per heavy atom. The highest BCUT2D eigenvalue weighted by Crippen LogP contribution is 2.12. The molecular formula is C11H22N4. The Kier molecular flexibility index (Phi) is 4.29. The Morgan fingerprint density at radius 2 is 2.00 bits per heavy atom. The number of hydrogen-bond acceptors (Lipinski definition) is 3. The lowest BCUT2D eigenvalue weighted by atomic mass is 10.1. The van der Waals surface area contributed by atoms with Gasteiger partial charge in [-0.25, -0.2) is 0 Å². The molecule has 2 N–H and O–H groups in total. The Morgan fingerprint density at radius 3 is 2.47 bits per heavy atom. The summed E-state index contributed by atoms with van der Waals surface area (Å²) < 4.78 is 1.95. The molecule has 0 bridgehead atoms. The van der Waals surface area contributed by atoms with Crippen molar-refractivity contribution in [2.24, 2.45) is 12.8 Å². The molecule has 0 aromatic carbocycles.